The van der Waals surface area contributed by atoms with Crippen LogP contribution in [0.5, 0.6) is 0 Å². The van der Waals surface area contributed by atoms with Gasteiger partial charge in [-0.25, -0.2) is 9.59 Å². The van der Waals surface area contributed by atoms with Gasteiger partial charge >= 0.3 is 11.6 Å². The van der Waals surface area contributed by atoms with Crippen LogP contribution in [0.4, 0.5) is 0 Å². The van der Waals surface area contributed by atoms with Gasteiger partial charge in [0.1, 0.15) is 17.2 Å². The number of nitrogens with one attached hydrogen (secondary N) is 1. The van der Waals surface area contributed by atoms with E-state index in [0.717, 1.165) is 22.1 Å². The summed E-state index contributed by atoms with van der Waals surface area (Å²) in [5, 5.41) is 13.7. The highest BCUT2D eigenvalue weighted by Crippen LogP contribution is 2.34. The Morgan fingerprint density at radius 3 is 2.33 bits per heavy atom. The maximum Gasteiger partial charge on any atom is 0.340 e. The number of carbonyl (C=O) groups excluding carboxylic acids is 1. The van der Waals surface area contributed by atoms with Crippen LogP contribution in [-0.4, -0.2) is 23.0 Å². The van der Waals surface area contributed by atoms with Crippen LogP contribution >= 0.6 is 0 Å². The molecule has 1 amide bonds. The lowest BCUT2D eigenvalue weighted by Crippen LogP contribution is -2.43. The molecule has 0 radical (unpaired) electrons. The number of carboxylic acids is 1. The van der Waals surface area contributed by atoms with Gasteiger partial charge in [0.05, 0.1) is 18.2 Å². The summed E-state index contributed by atoms with van der Waals surface area (Å²) in [5.74, 6) is -1.72. The van der Waals surface area contributed by atoms with Crippen molar-refractivity contribution in [1.29, 1.82) is 0 Å². The van der Waals surface area contributed by atoms with Gasteiger partial charge in [0.25, 0.3) is 0 Å². The fourth-order valence-electron chi connectivity index (χ4n) is 4.41. The van der Waals surface area contributed by atoms with Crippen molar-refractivity contribution < 1.29 is 23.5 Å². The zero-order chi connectivity index (χ0) is 25.2. The number of benzene rings is 3. The number of aliphatic carboxylic acids is 1. The highest BCUT2D eigenvalue weighted by molar-refractivity contribution is 6.02. The van der Waals surface area contributed by atoms with Crippen LogP contribution in [0.2, 0.25) is 0 Å². The maximum absolute atomic E-state index is 12.8. The summed E-state index contributed by atoms with van der Waals surface area (Å²) in [6.07, 6.45) is 1.51. The smallest absolute Gasteiger partial charge is 0.340 e. The Hall–Kier alpha value is -4.65. The molecule has 2 aromatic heterocycles. The molecule has 1 atom stereocenters. The fourth-order valence-corrected chi connectivity index (χ4v) is 4.41. The quantitative estimate of drug-likeness (QED) is 0.321. The summed E-state index contributed by atoms with van der Waals surface area (Å²) in [5.41, 5.74) is 3.77. The molecule has 0 aliphatic rings. The molecule has 3 aromatic carbocycles. The first-order valence-electron chi connectivity index (χ1n) is 11.5. The molecule has 0 spiro atoms. The Balaban J connectivity index is 1.46. The van der Waals surface area contributed by atoms with Crippen molar-refractivity contribution >= 4 is 33.8 Å². The molecule has 180 valence electrons. The third kappa shape index (κ3) is 4.51. The minimum absolute atomic E-state index is 0.133. The number of fused-ring (bicyclic) bond motifs is 2. The SMILES string of the molecule is Cc1c(CC(=O)N[C@H](Cc2ccccc2)C(=O)O)c(=O)oc2cc3occ(-c4ccccc4)c3cc12. The van der Waals surface area contributed by atoms with E-state index in [2.05, 4.69) is 5.32 Å². The number of hydrogen-bond donors (Lipinski definition) is 2. The number of amides is 1. The molecule has 7 heteroatoms. The summed E-state index contributed by atoms with van der Waals surface area (Å²) in [6.45, 7) is 1.76. The van der Waals surface area contributed by atoms with E-state index in [1.807, 2.05) is 42.5 Å². The van der Waals surface area contributed by atoms with Gasteiger partial charge in [0.15, 0.2) is 0 Å². The molecule has 2 N–H and O–H groups in total. The van der Waals surface area contributed by atoms with E-state index in [9.17, 15) is 19.5 Å². The van der Waals surface area contributed by atoms with Crippen LogP contribution in [0.1, 0.15) is 16.7 Å². The van der Waals surface area contributed by atoms with Crippen LogP contribution in [0.25, 0.3) is 33.1 Å². The van der Waals surface area contributed by atoms with E-state index in [-0.39, 0.29) is 18.4 Å². The summed E-state index contributed by atoms with van der Waals surface area (Å²) < 4.78 is 11.3. The normalized spacial score (nSPS) is 12.0. The number of rotatable bonds is 7. The third-order valence-corrected chi connectivity index (χ3v) is 6.32. The van der Waals surface area contributed by atoms with Crippen molar-refractivity contribution in [2.45, 2.75) is 25.8 Å². The molecular formula is C29H23NO6. The van der Waals surface area contributed by atoms with Gasteiger partial charge in [-0.05, 0) is 29.7 Å². The topological polar surface area (TPSA) is 110 Å². The van der Waals surface area contributed by atoms with Gasteiger partial charge in [-0.3, -0.25) is 4.79 Å². The van der Waals surface area contributed by atoms with Gasteiger partial charge in [0.2, 0.25) is 5.91 Å². The number of hydrogen-bond acceptors (Lipinski definition) is 5. The average Bonchev–Trinajstić information content (AvgIpc) is 3.29. The minimum Gasteiger partial charge on any atom is -0.480 e. The fraction of sp³-hybridized carbons (Fsp3) is 0.138. The molecule has 7 nitrogen and oxygen atoms in total. The Morgan fingerprint density at radius 2 is 1.64 bits per heavy atom. The van der Waals surface area contributed by atoms with Crippen molar-refractivity contribution in [3.63, 3.8) is 0 Å². The average molecular weight is 482 g/mol. The lowest BCUT2D eigenvalue weighted by Gasteiger charge is -2.15. The summed E-state index contributed by atoms with van der Waals surface area (Å²) >= 11 is 0. The second-order valence-corrected chi connectivity index (χ2v) is 8.68. The first kappa shape index (κ1) is 23.1. The van der Waals surface area contributed by atoms with Crippen molar-refractivity contribution in [2.75, 3.05) is 0 Å². The Morgan fingerprint density at radius 1 is 0.944 bits per heavy atom. The van der Waals surface area contributed by atoms with E-state index in [4.69, 9.17) is 8.83 Å². The van der Waals surface area contributed by atoms with Crippen molar-refractivity contribution in [3.05, 3.63) is 106 Å². The Labute approximate surface area is 206 Å². The second kappa shape index (κ2) is 9.54. The van der Waals surface area contributed by atoms with Gasteiger partial charge in [-0.15, -0.1) is 0 Å². The number of aryl methyl sites for hydroxylation is 1. The van der Waals surface area contributed by atoms with E-state index >= 15 is 0 Å². The molecule has 5 aromatic rings. The van der Waals surface area contributed by atoms with Crippen LogP contribution < -0.4 is 10.9 Å². The van der Waals surface area contributed by atoms with E-state index in [0.29, 0.717) is 22.1 Å². The molecular weight excluding hydrogens is 458 g/mol. The van der Waals surface area contributed by atoms with Crippen LogP contribution in [0, 0.1) is 6.92 Å². The van der Waals surface area contributed by atoms with E-state index in [1.165, 1.54) is 0 Å². The first-order chi connectivity index (χ1) is 17.4. The van der Waals surface area contributed by atoms with Crippen molar-refractivity contribution in [3.8, 4) is 11.1 Å². The molecule has 0 aliphatic carbocycles. The molecule has 0 aliphatic heterocycles. The summed E-state index contributed by atoms with van der Waals surface area (Å²) in [7, 11) is 0. The van der Waals surface area contributed by atoms with Crippen molar-refractivity contribution in [1.82, 2.24) is 5.32 Å². The summed E-state index contributed by atoms with van der Waals surface area (Å²) in [6, 6.07) is 21.3. The van der Waals surface area contributed by atoms with Crippen LogP contribution in [0.15, 0.2) is 92.7 Å². The number of carboxylic acid groups (broad SMARTS) is 1. The van der Waals surface area contributed by atoms with Crippen LogP contribution in [0.3, 0.4) is 0 Å². The standard InChI is InChI=1S/C29H23NO6/c1-17-20-13-22-23(19-10-6-3-7-11-19)16-35-25(22)15-26(20)36-29(34)21(17)14-27(31)30-24(28(32)33)12-18-8-4-2-5-9-18/h2-11,13,15-16,24H,12,14H2,1H3,(H,30,31)(H,32,33)/t24-/m1/s1. The number of furan rings is 1. The highest BCUT2D eigenvalue weighted by atomic mass is 16.4. The van der Waals surface area contributed by atoms with Gasteiger partial charge in [0, 0.05) is 28.8 Å². The van der Waals surface area contributed by atoms with E-state index in [1.54, 1.807) is 43.5 Å². The van der Waals surface area contributed by atoms with Crippen LogP contribution in [-0.2, 0) is 22.4 Å². The maximum atomic E-state index is 12.8. The molecule has 0 bridgehead atoms. The monoisotopic (exact) mass is 481 g/mol. The molecule has 0 fully saturated rings. The highest BCUT2D eigenvalue weighted by Gasteiger charge is 2.23. The lowest BCUT2D eigenvalue weighted by atomic mass is 9.99. The molecule has 36 heavy (non-hydrogen) atoms. The molecule has 0 saturated carbocycles. The van der Waals surface area contributed by atoms with Gasteiger partial charge < -0.3 is 19.3 Å². The summed E-state index contributed by atoms with van der Waals surface area (Å²) in [4.78, 5) is 37.3. The zero-order valence-electron chi connectivity index (χ0n) is 19.5. The second-order valence-electron chi connectivity index (χ2n) is 8.68. The molecule has 2 heterocycles. The predicted octanol–water partition coefficient (Wildman–Crippen LogP) is 4.87. The Bertz CT molecular complexity index is 1630. The largest absolute Gasteiger partial charge is 0.480 e. The minimum atomic E-state index is -1.15. The van der Waals surface area contributed by atoms with Gasteiger partial charge in [-0.1, -0.05) is 60.7 Å². The molecule has 0 saturated heterocycles. The zero-order valence-corrected chi connectivity index (χ0v) is 19.5. The number of carbonyl (C=O) groups is 2. The molecule has 0 unspecified atom stereocenters. The van der Waals surface area contributed by atoms with Gasteiger partial charge in [-0.2, -0.15) is 0 Å². The van der Waals surface area contributed by atoms with E-state index < -0.39 is 23.5 Å². The Kier molecular flexibility index (Phi) is 6.12. The first-order valence-corrected chi connectivity index (χ1v) is 11.5. The third-order valence-electron chi connectivity index (χ3n) is 6.32. The lowest BCUT2D eigenvalue weighted by molar-refractivity contribution is -0.141. The molecule has 5 rings (SSSR count). The predicted molar refractivity (Wildman–Crippen MR) is 136 cm³/mol. The van der Waals surface area contributed by atoms with Crippen molar-refractivity contribution in [2.24, 2.45) is 0 Å².